The van der Waals surface area contributed by atoms with E-state index in [-0.39, 0.29) is 11.9 Å². The Morgan fingerprint density at radius 2 is 1.92 bits per heavy atom. The number of pyridine rings is 1. The van der Waals surface area contributed by atoms with Crippen LogP contribution in [-0.2, 0) is 4.79 Å². The molecule has 2 rings (SSSR count). The van der Waals surface area contributed by atoms with Gasteiger partial charge in [-0.15, -0.1) is 0 Å². The van der Waals surface area contributed by atoms with E-state index in [0.29, 0.717) is 6.54 Å². The fraction of sp³-hybridized carbons (Fsp3) is 0.333. The number of methoxy groups -OCH3 is 1. The Morgan fingerprint density at radius 3 is 2.44 bits per heavy atom. The first-order valence-electron chi connectivity index (χ1n) is 8.63. The van der Waals surface area contributed by atoms with Gasteiger partial charge < -0.3 is 9.64 Å². The number of allylic oxidation sites excluding steroid dienone is 1. The lowest BCUT2D eigenvalue weighted by molar-refractivity contribution is -0.128. The summed E-state index contributed by atoms with van der Waals surface area (Å²) in [5.74, 6) is 0.846. The second kappa shape index (κ2) is 9.02. The van der Waals surface area contributed by atoms with Crippen LogP contribution < -0.4 is 4.74 Å². The van der Waals surface area contributed by atoms with Gasteiger partial charge in [0.25, 0.3) is 0 Å². The number of aromatic nitrogens is 1. The van der Waals surface area contributed by atoms with Crippen molar-refractivity contribution in [2.45, 2.75) is 33.2 Å². The smallest absolute Gasteiger partial charge is 0.249 e. The standard InChI is InChI=1S/C21H26N2O2/c1-5-8-16(3)21(24)23(6-2)20(18-9-7-14-22-15-18)17-10-12-19(25-4)13-11-17/h7-15,20H,5-6H2,1-4H3/b16-8-. The molecule has 0 aliphatic carbocycles. The number of hydrogen-bond donors (Lipinski definition) is 0. The maximum Gasteiger partial charge on any atom is 0.249 e. The van der Waals surface area contributed by atoms with Gasteiger partial charge in [0.05, 0.1) is 13.2 Å². The van der Waals surface area contributed by atoms with Crippen LogP contribution >= 0.6 is 0 Å². The molecule has 2 aromatic rings. The minimum absolute atomic E-state index is 0.0500. The van der Waals surface area contributed by atoms with E-state index in [9.17, 15) is 4.79 Å². The summed E-state index contributed by atoms with van der Waals surface area (Å²) in [5, 5.41) is 0. The molecule has 25 heavy (non-hydrogen) atoms. The van der Waals surface area contributed by atoms with Crippen LogP contribution in [0.5, 0.6) is 5.75 Å². The predicted molar refractivity (Wildman–Crippen MR) is 101 cm³/mol. The van der Waals surface area contributed by atoms with E-state index in [2.05, 4.69) is 4.98 Å². The first-order chi connectivity index (χ1) is 12.1. The number of likely N-dealkylation sites (N-methyl/N-ethyl adjacent to an activating group) is 1. The normalized spacial score (nSPS) is 12.6. The van der Waals surface area contributed by atoms with Crippen molar-refractivity contribution in [3.63, 3.8) is 0 Å². The van der Waals surface area contributed by atoms with Crippen molar-refractivity contribution in [3.05, 3.63) is 71.6 Å². The van der Waals surface area contributed by atoms with Crippen LogP contribution in [0.2, 0.25) is 0 Å². The van der Waals surface area contributed by atoms with Crippen molar-refractivity contribution in [2.24, 2.45) is 0 Å². The van der Waals surface area contributed by atoms with Gasteiger partial charge in [0.2, 0.25) is 5.91 Å². The highest BCUT2D eigenvalue weighted by molar-refractivity contribution is 5.93. The second-order valence-electron chi connectivity index (χ2n) is 5.85. The molecule has 0 saturated carbocycles. The Bertz CT molecular complexity index is 708. The average Bonchev–Trinajstić information content (AvgIpc) is 2.66. The zero-order valence-electron chi connectivity index (χ0n) is 15.4. The molecular weight excluding hydrogens is 312 g/mol. The first kappa shape index (κ1) is 18.7. The van der Waals surface area contributed by atoms with E-state index >= 15 is 0 Å². The van der Waals surface area contributed by atoms with Crippen molar-refractivity contribution < 1.29 is 9.53 Å². The summed E-state index contributed by atoms with van der Waals surface area (Å²) in [6.07, 6.45) is 6.38. The molecule has 1 aromatic carbocycles. The minimum atomic E-state index is -0.183. The lowest BCUT2D eigenvalue weighted by Crippen LogP contribution is -2.36. The molecule has 0 fully saturated rings. The Labute approximate surface area is 150 Å². The van der Waals surface area contributed by atoms with E-state index < -0.39 is 0 Å². The molecule has 0 aliphatic heterocycles. The molecule has 0 spiro atoms. The molecule has 0 N–H and O–H groups in total. The van der Waals surface area contributed by atoms with Gasteiger partial charge >= 0.3 is 0 Å². The summed E-state index contributed by atoms with van der Waals surface area (Å²) >= 11 is 0. The van der Waals surface area contributed by atoms with Gasteiger partial charge in [-0.2, -0.15) is 0 Å². The summed E-state index contributed by atoms with van der Waals surface area (Å²) in [6, 6.07) is 11.6. The summed E-state index contributed by atoms with van der Waals surface area (Å²) in [5.41, 5.74) is 2.80. The SMILES string of the molecule is CC/C=C(/C)C(=O)N(CC)C(c1ccc(OC)cc1)c1cccnc1. The summed E-state index contributed by atoms with van der Waals surface area (Å²) in [6.45, 7) is 6.53. The summed E-state index contributed by atoms with van der Waals surface area (Å²) in [7, 11) is 1.65. The topological polar surface area (TPSA) is 42.4 Å². The Kier molecular flexibility index (Phi) is 6.75. The van der Waals surface area contributed by atoms with Crippen LogP contribution in [-0.4, -0.2) is 29.4 Å². The molecule has 132 valence electrons. The maximum absolute atomic E-state index is 13.0. The number of rotatable bonds is 7. The van der Waals surface area contributed by atoms with Crippen LogP contribution in [0, 0.1) is 0 Å². The number of amides is 1. The quantitative estimate of drug-likeness (QED) is 0.703. The minimum Gasteiger partial charge on any atom is -0.497 e. The number of benzene rings is 1. The van der Waals surface area contributed by atoms with E-state index in [0.717, 1.165) is 28.9 Å². The first-order valence-corrected chi connectivity index (χ1v) is 8.63. The molecule has 0 bridgehead atoms. The number of carbonyl (C=O) groups excluding carboxylic acids is 1. The van der Waals surface area contributed by atoms with Crippen LogP contribution in [0.1, 0.15) is 44.4 Å². The Morgan fingerprint density at radius 1 is 1.20 bits per heavy atom. The van der Waals surface area contributed by atoms with Crippen LogP contribution in [0.4, 0.5) is 0 Å². The van der Waals surface area contributed by atoms with Crippen molar-refractivity contribution in [1.82, 2.24) is 9.88 Å². The van der Waals surface area contributed by atoms with E-state index in [1.807, 2.05) is 74.3 Å². The molecule has 4 heteroatoms. The lowest BCUT2D eigenvalue weighted by atomic mass is 9.97. The molecular formula is C21H26N2O2. The highest BCUT2D eigenvalue weighted by Crippen LogP contribution is 2.30. The van der Waals surface area contributed by atoms with Gasteiger partial charge in [-0.05, 0) is 49.6 Å². The van der Waals surface area contributed by atoms with Gasteiger partial charge in [-0.25, -0.2) is 0 Å². The average molecular weight is 338 g/mol. The van der Waals surface area contributed by atoms with Crippen molar-refractivity contribution in [3.8, 4) is 5.75 Å². The monoisotopic (exact) mass is 338 g/mol. The molecule has 4 nitrogen and oxygen atoms in total. The molecule has 1 amide bonds. The number of nitrogens with zero attached hydrogens (tertiary/aromatic N) is 2. The summed E-state index contributed by atoms with van der Waals surface area (Å²) in [4.78, 5) is 19.1. The van der Waals surface area contributed by atoms with E-state index in [1.165, 1.54) is 0 Å². The van der Waals surface area contributed by atoms with Crippen molar-refractivity contribution >= 4 is 5.91 Å². The molecule has 0 radical (unpaired) electrons. The fourth-order valence-electron chi connectivity index (χ4n) is 2.94. The Hall–Kier alpha value is -2.62. The van der Waals surface area contributed by atoms with Gasteiger partial charge in [0.15, 0.2) is 0 Å². The van der Waals surface area contributed by atoms with E-state index in [4.69, 9.17) is 4.74 Å². The molecule has 0 saturated heterocycles. The maximum atomic E-state index is 13.0. The van der Waals surface area contributed by atoms with Crippen LogP contribution in [0.15, 0.2) is 60.4 Å². The zero-order chi connectivity index (χ0) is 18.2. The summed E-state index contributed by atoms with van der Waals surface area (Å²) < 4.78 is 5.26. The third-order valence-corrected chi connectivity index (χ3v) is 4.19. The molecule has 1 unspecified atom stereocenters. The third kappa shape index (κ3) is 4.47. The largest absolute Gasteiger partial charge is 0.497 e. The number of hydrogen-bond acceptors (Lipinski definition) is 3. The molecule has 0 aliphatic rings. The predicted octanol–water partition coefficient (Wildman–Crippen LogP) is 4.38. The highest BCUT2D eigenvalue weighted by Gasteiger charge is 2.26. The van der Waals surface area contributed by atoms with Gasteiger partial charge in [-0.1, -0.05) is 31.2 Å². The van der Waals surface area contributed by atoms with Gasteiger partial charge in [0, 0.05) is 24.5 Å². The molecule has 1 atom stereocenters. The molecule has 1 aromatic heterocycles. The van der Waals surface area contributed by atoms with Crippen LogP contribution in [0.3, 0.4) is 0 Å². The second-order valence-corrected chi connectivity index (χ2v) is 5.85. The Balaban J connectivity index is 2.49. The number of ether oxygens (including phenoxy) is 1. The number of carbonyl (C=O) groups is 1. The highest BCUT2D eigenvalue weighted by atomic mass is 16.5. The van der Waals surface area contributed by atoms with Crippen molar-refractivity contribution in [2.75, 3.05) is 13.7 Å². The van der Waals surface area contributed by atoms with Crippen LogP contribution in [0.25, 0.3) is 0 Å². The fourth-order valence-corrected chi connectivity index (χ4v) is 2.94. The van der Waals surface area contributed by atoms with Gasteiger partial charge in [0.1, 0.15) is 5.75 Å². The third-order valence-electron chi connectivity index (χ3n) is 4.19. The van der Waals surface area contributed by atoms with E-state index in [1.54, 1.807) is 13.3 Å². The van der Waals surface area contributed by atoms with Crippen molar-refractivity contribution in [1.29, 1.82) is 0 Å². The lowest BCUT2D eigenvalue weighted by Gasteiger charge is -2.32. The zero-order valence-corrected chi connectivity index (χ0v) is 15.4. The molecule has 1 heterocycles. The van der Waals surface area contributed by atoms with Gasteiger partial charge in [-0.3, -0.25) is 9.78 Å².